The van der Waals surface area contributed by atoms with E-state index in [9.17, 15) is 9.59 Å². The van der Waals surface area contributed by atoms with Crippen LogP contribution in [0.3, 0.4) is 0 Å². The average Bonchev–Trinajstić information content (AvgIpc) is 2.49. The first-order valence-corrected chi connectivity index (χ1v) is 4.45. The molecule has 74 valence electrons. The van der Waals surface area contributed by atoms with E-state index in [1.807, 2.05) is 0 Å². The van der Waals surface area contributed by atoms with Crippen molar-refractivity contribution in [1.29, 1.82) is 0 Å². The highest BCUT2D eigenvalue weighted by atomic mass is 16.2. The maximum absolute atomic E-state index is 11.0. The third-order valence-corrected chi connectivity index (χ3v) is 2.37. The van der Waals surface area contributed by atoms with Gasteiger partial charge < -0.3 is 5.32 Å². The molecule has 2 atom stereocenters. The first-order chi connectivity index (χ1) is 6.13. The minimum Gasteiger partial charge on any atom is -0.345 e. The van der Waals surface area contributed by atoms with Gasteiger partial charge in [0, 0.05) is 6.04 Å². The molecule has 1 aliphatic carbocycles. The van der Waals surface area contributed by atoms with Crippen LogP contribution in [0, 0.1) is 5.92 Å². The van der Waals surface area contributed by atoms with Gasteiger partial charge in [-0.05, 0) is 25.2 Å². The molecule has 0 bridgehead atoms. The van der Waals surface area contributed by atoms with Crippen molar-refractivity contribution in [1.82, 2.24) is 10.7 Å². The van der Waals surface area contributed by atoms with Crippen molar-refractivity contribution in [3.05, 3.63) is 0 Å². The Hall–Kier alpha value is -1.10. The normalized spacial score (nSPS) is 26.9. The number of hydrogen-bond donors (Lipinski definition) is 3. The highest BCUT2D eigenvalue weighted by Crippen LogP contribution is 2.24. The number of carbonyl (C=O) groups is 2. The van der Waals surface area contributed by atoms with Gasteiger partial charge in [0.1, 0.15) is 0 Å². The summed E-state index contributed by atoms with van der Waals surface area (Å²) in [5, 5.41) is 2.63. The topological polar surface area (TPSA) is 84.2 Å². The van der Waals surface area contributed by atoms with Gasteiger partial charge in [-0.25, -0.2) is 5.84 Å². The summed E-state index contributed by atoms with van der Waals surface area (Å²) in [6, 6.07) is 0.139. The van der Waals surface area contributed by atoms with E-state index in [0.717, 1.165) is 19.3 Å². The van der Waals surface area contributed by atoms with Crippen molar-refractivity contribution in [3.8, 4) is 0 Å². The van der Waals surface area contributed by atoms with Crippen molar-refractivity contribution >= 4 is 11.8 Å². The maximum Gasteiger partial charge on any atom is 0.323 e. The van der Waals surface area contributed by atoms with Crippen LogP contribution in [0.5, 0.6) is 0 Å². The van der Waals surface area contributed by atoms with Crippen LogP contribution in [0.2, 0.25) is 0 Å². The van der Waals surface area contributed by atoms with Crippen LogP contribution in [-0.4, -0.2) is 17.9 Å². The zero-order valence-corrected chi connectivity index (χ0v) is 7.67. The quantitative estimate of drug-likeness (QED) is 0.218. The summed E-state index contributed by atoms with van der Waals surface area (Å²) in [4.78, 5) is 21.8. The fraction of sp³-hybridized carbons (Fsp3) is 0.750. The van der Waals surface area contributed by atoms with Gasteiger partial charge in [-0.2, -0.15) is 0 Å². The Kier molecular flexibility index (Phi) is 3.25. The number of hydrogen-bond acceptors (Lipinski definition) is 3. The Morgan fingerprint density at radius 2 is 2.00 bits per heavy atom. The van der Waals surface area contributed by atoms with Gasteiger partial charge in [0.25, 0.3) is 0 Å². The Morgan fingerprint density at radius 3 is 2.46 bits per heavy atom. The second kappa shape index (κ2) is 4.23. The molecule has 1 rings (SSSR count). The Bertz CT molecular complexity index is 217. The summed E-state index contributed by atoms with van der Waals surface area (Å²) < 4.78 is 0. The summed E-state index contributed by atoms with van der Waals surface area (Å²) >= 11 is 0. The number of hydrazine groups is 1. The van der Waals surface area contributed by atoms with Crippen molar-refractivity contribution in [3.63, 3.8) is 0 Å². The third kappa shape index (κ3) is 2.69. The molecule has 0 heterocycles. The van der Waals surface area contributed by atoms with E-state index in [0.29, 0.717) is 5.92 Å². The molecule has 0 saturated heterocycles. The fourth-order valence-corrected chi connectivity index (χ4v) is 1.65. The fourth-order valence-electron chi connectivity index (χ4n) is 1.65. The molecule has 0 aromatic rings. The van der Waals surface area contributed by atoms with Gasteiger partial charge in [-0.1, -0.05) is 6.92 Å². The van der Waals surface area contributed by atoms with Gasteiger partial charge in [-0.3, -0.25) is 15.0 Å². The molecule has 0 aromatic heterocycles. The molecular formula is C8H15N3O2. The largest absolute Gasteiger partial charge is 0.345 e. The molecule has 2 amide bonds. The van der Waals surface area contributed by atoms with Gasteiger partial charge in [-0.15, -0.1) is 0 Å². The first kappa shape index (κ1) is 9.98. The number of nitrogens with two attached hydrogens (primary N) is 1. The second-order valence-corrected chi connectivity index (χ2v) is 3.56. The predicted molar refractivity (Wildman–Crippen MR) is 47.3 cm³/mol. The molecule has 0 aromatic carbocycles. The molecule has 0 spiro atoms. The van der Waals surface area contributed by atoms with Gasteiger partial charge in [0.2, 0.25) is 0 Å². The zero-order chi connectivity index (χ0) is 9.84. The summed E-state index contributed by atoms with van der Waals surface area (Å²) in [7, 11) is 0. The highest BCUT2D eigenvalue weighted by Gasteiger charge is 2.24. The molecule has 5 heteroatoms. The SMILES string of the molecule is CC1CCC(NC(=O)C(=O)NN)C1. The van der Waals surface area contributed by atoms with E-state index in [4.69, 9.17) is 5.84 Å². The van der Waals surface area contributed by atoms with Gasteiger partial charge >= 0.3 is 11.8 Å². The number of rotatable bonds is 1. The van der Waals surface area contributed by atoms with E-state index in [2.05, 4.69) is 12.2 Å². The maximum atomic E-state index is 11.0. The lowest BCUT2D eigenvalue weighted by Crippen LogP contribution is -2.46. The van der Waals surface area contributed by atoms with E-state index in [-0.39, 0.29) is 6.04 Å². The van der Waals surface area contributed by atoms with Crippen LogP contribution in [0.15, 0.2) is 0 Å². The van der Waals surface area contributed by atoms with Crippen LogP contribution in [0.4, 0.5) is 0 Å². The molecule has 1 fully saturated rings. The van der Waals surface area contributed by atoms with Crippen LogP contribution >= 0.6 is 0 Å². The monoisotopic (exact) mass is 185 g/mol. The van der Waals surface area contributed by atoms with E-state index < -0.39 is 11.8 Å². The van der Waals surface area contributed by atoms with Gasteiger partial charge in [0.05, 0.1) is 0 Å². The van der Waals surface area contributed by atoms with E-state index in [1.165, 1.54) is 0 Å². The van der Waals surface area contributed by atoms with Crippen molar-refractivity contribution in [2.75, 3.05) is 0 Å². The van der Waals surface area contributed by atoms with E-state index in [1.54, 1.807) is 5.43 Å². The zero-order valence-electron chi connectivity index (χ0n) is 7.67. The smallest absolute Gasteiger partial charge is 0.323 e. The third-order valence-electron chi connectivity index (χ3n) is 2.37. The minimum absolute atomic E-state index is 0.139. The summed E-state index contributed by atoms with van der Waals surface area (Å²) in [5.41, 5.74) is 1.80. The van der Waals surface area contributed by atoms with E-state index >= 15 is 0 Å². The molecule has 0 aliphatic heterocycles. The highest BCUT2D eigenvalue weighted by molar-refractivity contribution is 6.34. The Labute approximate surface area is 77.0 Å². The number of carbonyl (C=O) groups excluding carboxylic acids is 2. The molecule has 2 unspecified atom stereocenters. The predicted octanol–water partition coefficient (Wildman–Crippen LogP) is -0.719. The number of amides is 2. The minimum atomic E-state index is -0.778. The standard InChI is InChI=1S/C8H15N3O2/c1-5-2-3-6(4-5)10-7(12)8(13)11-9/h5-6H,2-4,9H2,1H3,(H,10,12)(H,11,13). The first-order valence-electron chi connectivity index (χ1n) is 4.45. The lowest BCUT2D eigenvalue weighted by Gasteiger charge is -2.10. The molecule has 1 saturated carbocycles. The second-order valence-electron chi connectivity index (χ2n) is 3.56. The van der Waals surface area contributed by atoms with Gasteiger partial charge in [0.15, 0.2) is 0 Å². The summed E-state index contributed by atoms with van der Waals surface area (Å²) in [6.07, 6.45) is 3.00. The Balaban J connectivity index is 2.32. The lowest BCUT2D eigenvalue weighted by atomic mass is 10.1. The van der Waals surface area contributed by atoms with Crippen LogP contribution in [0.25, 0.3) is 0 Å². The van der Waals surface area contributed by atoms with Crippen molar-refractivity contribution in [2.45, 2.75) is 32.2 Å². The summed E-state index contributed by atoms with van der Waals surface area (Å²) in [5.74, 6) is 4.03. The van der Waals surface area contributed by atoms with Crippen LogP contribution < -0.4 is 16.6 Å². The molecule has 5 nitrogen and oxygen atoms in total. The molecular weight excluding hydrogens is 170 g/mol. The molecule has 4 N–H and O–H groups in total. The lowest BCUT2D eigenvalue weighted by molar-refractivity contribution is -0.139. The van der Waals surface area contributed by atoms with Crippen LogP contribution in [0.1, 0.15) is 26.2 Å². The van der Waals surface area contributed by atoms with Crippen LogP contribution in [-0.2, 0) is 9.59 Å². The van der Waals surface area contributed by atoms with Crippen molar-refractivity contribution in [2.24, 2.45) is 11.8 Å². The molecule has 13 heavy (non-hydrogen) atoms. The average molecular weight is 185 g/mol. The molecule has 0 radical (unpaired) electrons. The number of nitrogens with one attached hydrogen (secondary N) is 2. The summed E-state index contributed by atoms with van der Waals surface area (Å²) in [6.45, 7) is 2.13. The van der Waals surface area contributed by atoms with Crippen molar-refractivity contribution < 1.29 is 9.59 Å². The Morgan fingerprint density at radius 1 is 1.31 bits per heavy atom. The molecule has 1 aliphatic rings.